The molecule has 2 nitrogen and oxygen atoms in total. The van der Waals surface area contributed by atoms with Gasteiger partial charge in [-0.15, -0.1) is 0 Å². The number of hydrogen-bond acceptors (Lipinski definition) is 2. The van der Waals surface area contributed by atoms with E-state index >= 15 is 0 Å². The maximum atomic E-state index is 11.9. The molecule has 2 saturated heterocycles. The fourth-order valence-electron chi connectivity index (χ4n) is 2.94. The zero-order chi connectivity index (χ0) is 11.0. The van der Waals surface area contributed by atoms with Crippen molar-refractivity contribution in [2.24, 2.45) is 11.8 Å². The van der Waals surface area contributed by atoms with Gasteiger partial charge < -0.3 is 0 Å². The summed E-state index contributed by atoms with van der Waals surface area (Å²) in [5.74, 6) is 0.740. The van der Waals surface area contributed by atoms with E-state index in [-0.39, 0.29) is 11.8 Å². The van der Waals surface area contributed by atoms with E-state index < -0.39 is 10.8 Å². The first-order valence-corrected chi connectivity index (χ1v) is 7.30. The van der Waals surface area contributed by atoms with Gasteiger partial charge in [-0.3, -0.25) is 9.00 Å². The van der Waals surface area contributed by atoms with E-state index in [1.54, 1.807) is 0 Å². The number of hydrogen-bond donors (Lipinski definition) is 0. The molecule has 0 saturated carbocycles. The van der Waals surface area contributed by atoms with Gasteiger partial charge in [-0.05, 0) is 25.7 Å². The fraction of sp³-hybridized carbons (Fsp3) is 0.917. The summed E-state index contributed by atoms with van der Waals surface area (Å²) in [7, 11) is -0.639. The van der Waals surface area contributed by atoms with Gasteiger partial charge in [-0.25, -0.2) is 0 Å². The van der Waals surface area contributed by atoms with Crippen molar-refractivity contribution in [3.05, 3.63) is 0 Å². The van der Waals surface area contributed by atoms with Crippen LogP contribution in [0.5, 0.6) is 0 Å². The average Bonchev–Trinajstić information content (AvgIpc) is 2.16. The molecule has 2 unspecified atom stereocenters. The first-order valence-electron chi connectivity index (χ1n) is 6.02. The Morgan fingerprint density at radius 3 is 2.20 bits per heavy atom. The molecule has 2 rings (SSSR count). The average molecular weight is 228 g/mol. The third kappa shape index (κ3) is 2.17. The predicted octanol–water partition coefficient (Wildman–Crippen LogP) is 2.29. The molecule has 0 aliphatic carbocycles. The normalized spacial score (nSPS) is 40.5. The molecule has 0 amide bonds. The smallest absolute Gasteiger partial charge is 0.138 e. The van der Waals surface area contributed by atoms with E-state index in [4.69, 9.17) is 0 Å². The number of Topliss-reactive ketones (excluding diaryl/α,β-unsaturated/α-hetero) is 1. The first-order chi connectivity index (χ1) is 7.09. The second kappa shape index (κ2) is 4.36. The molecule has 15 heavy (non-hydrogen) atoms. The third-order valence-electron chi connectivity index (χ3n) is 3.78. The summed E-state index contributed by atoms with van der Waals surface area (Å²) >= 11 is 0. The van der Waals surface area contributed by atoms with E-state index in [1.165, 1.54) is 6.42 Å². The molecular weight excluding hydrogens is 208 g/mol. The van der Waals surface area contributed by atoms with Crippen molar-refractivity contribution < 1.29 is 9.00 Å². The molecule has 0 spiro atoms. The number of rotatable bonds is 2. The molecule has 2 heterocycles. The maximum absolute atomic E-state index is 11.9. The van der Waals surface area contributed by atoms with Crippen molar-refractivity contribution >= 4 is 16.6 Å². The highest BCUT2D eigenvalue weighted by atomic mass is 32.2. The quantitative estimate of drug-likeness (QED) is 0.726. The zero-order valence-corrected chi connectivity index (χ0v) is 10.4. The Morgan fingerprint density at radius 2 is 1.73 bits per heavy atom. The van der Waals surface area contributed by atoms with Crippen LogP contribution >= 0.6 is 0 Å². The van der Waals surface area contributed by atoms with Crippen molar-refractivity contribution in [2.45, 2.75) is 56.5 Å². The topological polar surface area (TPSA) is 34.1 Å². The summed E-state index contributed by atoms with van der Waals surface area (Å²) in [5.41, 5.74) is 0. The largest absolute Gasteiger partial charge is 0.299 e. The molecular formula is C12H20O2S. The Morgan fingerprint density at radius 1 is 1.20 bits per heavy atom. The molecule has 2 fully saturated rings. The first kappa shape index (κ1) is 11.3. The second-order valence-corrected chi connectivity index (χ2v) is 7.22. The highest BCUT2D eigenvalue weighted by Crippen LogP contribution is 2.38. The van der Waals surface area contributed by atoms with Crippen molar-refractivity contribution in [3.8, 4) is 0 Å². The minimum Gasteiger partial charge on any atom is -0.299 e. The van der Waals surface area contributed by atoms with Crippen LogP contribution in [-0.4, -0.2) is 20.5 Å². The van der Waals surface area contributed by atoms with Crippen molar-refractivity contribution in [3.63, 3.8) is 0 Å². The minimum atomic E-state index is -0.639. The van der Waals surface area contributed by atoms with Gasteiger partial charge in [0.25, 0.3) is 0 Å². The third-order valence-corrected chi connectivity index (χ3v) is 5.95. The number of carbonyl (C=O) groups excluding carboxylic acids is 1. The summed E-state index contributed by atoms with van der Waals surface area (Å²) in [6, 6.07) is 0. The standard InChI is InChI=1S/C12H20O2S/c1-8(2)12(13)9-6-10-4-3-5-11(7-9)15(10)14/h8-11H,3-7H2,1-2H3. The highest BCUT2D eigenvalue weighted by Gasteiger charge is 2.40. The zero-order valence-electron chi connectivity index (χ0n) is 9.57. The van der Waals surface area contributed by atoms with Gasteiger partial charge in [0.1, 0.15) is 5.78 Å². The van der Waals surface area contributed by atoms with E-state index in [2.05, 4.69) is 0 Å². The summed E-state index contributed by atoms with van der Waals surface area (Å²) in [5, 5.41) is 0.649. The molecule has 2 bridgehead atoms. The van der Waals surface area contributed by atoms with Crippen LogP contribution in [0.15, 0.2) is 0 Å². The molecule has 0 aromatic rings. The van der Waals surface area contributed by atoms with Gasteiger partial charge in [0.15, 0.2) is 0 Å². The molecule has 3 heteroatoms. The Bertz CT molecular complexity index is 269. The molecule has 0 aromatic heterocycles. The fourth-order valence-corrected chi connectivity index (χ4v) is 5.12. The van der Waals surface area contributed by atoms with Crippen LogP contribution in [0.25, 0.3) is 0 Å². The van der Waals surface area contributed by atoms with E-state index in [0.29, 0.717) is 16.3 Å². The van der Waals surface area contributed by atoms with Gasteiger partial charge in [0, 0.05) is 33.1 Å². The van der Waals surface area contributed by atoms with Crippen LogP contribution in [-0.2, 0) is 15.6 Å². The van der Waals surface area contributed by atoms with Gasteiger partial charge >= 0.3 is 0 Å². The van der Waals surface area contributed by atoms with Crippen LogP contribution in [0.3, 0.4) is 0 Å². The van der Waals surface area contributed by atoms with E-state index in [0.717, 1.165) is 25.7 Å². The molecule has 2 aliphatic heterocycles. The SMILES string of the molecule is CC(C)C(=O)C1CC2CCCC(C1)S2=O. The molecule has 86 valence electrons. The summed E-state index contributed by atoms with van der Waals surface area (Å²) in [6.07, 6.45) is 5.14. The maximum Gasteiger partial charge on any atom is 0.138 e. The van der Waals surface area contributed by atoms with Crippen molar-refractivity contribution in [1.82, 2.24) is 0 Å². The second-order valence-electron chi connectivity index (χ2n) is 5.23. The van der Waals surface area contributed by atoms with Gasteiger partial charge in [0.05, 0.1) is 0 Å². The molecule has 0 N–H and O–H groups in total. The Hall–Kier alpha value is -0.180. The van der Waals surface area contributed by atoms with Crippen LogP contribution in [0.4, 0.5) is 0 Å². The van der Waals surface area contributed by atoms with E-state index in [1.807, 2.05) is 13.8 Å². The lowest BCUT2D eigenvalue weighted by Gasteiger charge is -2.38. The Balaban J connectivity index is 2.07. The highest BCUT2D eigenvalue weighted by molar-refractivity contribution is 7.86. The number of fused-ring (bicyclic) bond motifs is 2. The van der Waals surface area contributed by atoms with Crippen LogP contribution in [0.1, 0.15) is 46.0 Å². The number of carbonyl (C=O) groups is 1. The number of ketones is 1. The van der Waals surface area contributed by atoms with Crippen LogP contribution in [0, 0.1) is 11.8 Å². The molecule has 2 atom stereocenters. The minimum absolute atomic E-state index is 0.141. The molecule has 2 aliphatic rings. The van der Waals surface area contributed by atoms with E-state index in [9.17, 15) is 9.00 Å². The lowest BCUT2D eigenvalue weighted by molar-refractivity contribution is -0.126. The van der Waals surface area contributed by atoms with Gasteiger partial charge in [-0.1, -0.05) is 20.3 Å². The Labute approximate surface area is 94.3 Å². The predicted molar refractivity (Wildman–Crippen MR) is 62.1 cm³/mol. The monoisotopic (exact) mass is 228 g/mol. The van der Waals surface area contributed by atoms with Crippen molar-refractivity contribution in [2.75, 3.05) is 0 Å². The van der Waals surface area contributed by atoms with Gasteiger partial charge in [-0.2, -0.15) is 0 Å². The lowest BCUT2D eigenvalue weighted by atomic mass is 9.83. The summed E-state index contributed by atoms with van der Waals surface area (Å²) in [6.45, 7) is 3.95. The lowest BCUT2D eigenvalue weighted by Crippen LogP contribution is -2.42. The van der Waals surface area contributed by atoms with Crippen LogP contribution in [0.2, 0.25) is 0 Å². The summed E-state index contributed by atoms with van der Waals surface area (Å²) < 4.78 is 11.9. The van der Waals surface area contributed by atoms with Crippen LogP contribution < -0.4 is 0 Å². The molecule has 0 aromatic carbocycles. The Kier molecular flexibility index (Phi) is 3.29. The van der Waals surface area contributed by atoms with Gasteiger partial charge in [0.2, 0.25) is 0 Å². The molecule has 0 radical (unpaired) electrons. The summed E-state index contributed by atoms with van der Waals surface area (Å²) in [4.78, 5) is 11.9. The van der Waals surface area contributed by atoms with Crippen molar-refractivity contribution in [1.29, 1.82) is 0 Å².